The van der Waals surface area contributed by atoms with E-state index in [4.69, 9.17) is 0 Å². The van der Waals surface area contributed by atoms with Crippen LogP contribution in [-0.4, -0.2) is 0 Å². The summed E-state index contributed by atoms with van der Waals surface area (Å²) in [5.41, 5.74) is 0. The Balaban J connectivity index is 2.31. The molecule has 1 aliphatic carbocycles. The molecule has 1 saturated carbocycles. The van der Waals surface area contributed by atoms with E-state index in [9.17, 15) is 0 Å². The van der Waals surface area contributed by atoms with Crippen LogP contribution >= 0.6 is 0 Å². The predicted octanol–water partition coefficient (Wildman–Crippen LogP) is 4.89. The maximum absolute atomic E-state index is 2.48. The van der Waals surface area contributed by atoms with Gasteiger partial charge < -0.3 is 0 Å². The van der Waals surface area contributed by atoms with Crippen LogP contribution in [0.1, 0.15) is 66.2 Å². The third-order valence-electron chi connectivity index (χ3n) is 3.92. The summed E-state index contributed by atoms with van der Waals surface area (Å²) < 4.78 is 0. The molecule has 0 heteroatoms. The molecule has 0 amide bonds. The fourth-order valence-electron chi connectivity index (χ4n) is 3.25. The van der Waals surface area contributed by atoms with Crippen LogP contribution in [0, 0.1) is 23.7 Å². The second kappa shape index (κ2) is 5.78. The van der Waals surface area contributed by atoms with E-state index in [1.807, 2.05) is 0 Å². The van der Waals surface area contributed by atoms with Gasteiger partial charge in [0.1, 0.15) is 0 Å². The van der Waals surface area contributed by atoms with Gasteiger partial charge in [0.25, 0.3) is 0 Å². The first-order valence-corrected chi connectivity index (χ1v) is 6.63. The average molecular weight is 196 g/mol. The molecule has 0 bridgehead atoms. The van der Waals surface area contributed by atoms with Gasteiger partial charge in [-0.25, -0.2) is 0 Å². The summed E-state index contributed by atoms with van der Waals surface area (Å²) in [5.74, 6) is 3.98. The fourth-order valence-corrected chi connectivity index (χ4v) is 3.25. The Hall–Kier alpha value is 0. The van der Waals surface area contributed by atoms with Gasteiger partial charge in [-0.15, -0.1) is 0 Å². The summed E-state index contributed by atoms with van der Waals surface area (Å²) in [6, 6.07) is 0. The van der Waals surface area contributed by atoms with E-state index in [-0.39, 0.29) is 0 Å². The Morgan fingerprint density at radius 3 is 2.43 bits per heavy atom. The molecule has 0 saturated heterocycles. The molecule has 0 radical (unpaired) electrons. The van der Waals surface area contributed by atoms with E-state index in [0.29, 0.717) is 0 Å². The minimum Gasteiger partial charge on any atom is -0.0654 e. The second-order valence-corrected chi connectivity index (χ2v) is 5.83. The first-order valence-electron chi connectivity index (χ1n) is 6.63. The van der Waals surface area contributed by atoms with Crippen molar-refractivity contribution in [2.75, 3.05) is 0 Å². The molecular formula is C14H28. The van der Waals surface area contributed by atoms with Crippen molar-refractivity contribution in [1.82, 2.24) is 0 Å². The van der Waals surface area contributed by atoms with Crippen molar-refractivity contribution in [2.24, 2.45) is 23.7 Å². The Morgan fingerprint density at radius 2 is 1.93 bits per heavy atom. The molecule has 0 aliphatic heterocycles. The smallest absolute Gasteiger partial charge is 0.0388 e. The third kappa shape index (κ3) is 3.63. The van der Waals surface area contributed by atoms with Crippen LogP contribution in [0.25, 0.3) is 0 Å². The van der Waals surface area contributed by atoms with Gasteiger partial charge in [-0.3, -0.25) is 0 Å². The minimum atomic E-state index is 0.898. The number of rotatable bonds is 4. The molecule has 0 spiro atoms. The molecule has 0 aromatic rings. The van der Waals surface area contributed by atoms with Crippen molar-refractivity contribution >= 4 is 0 Å². The Bertz CT molecular complexity index is 148. The lowest BCUT2D eigenvalue weighted by molar-refractivity contribution is 0.167. The van der Waals surface area contributed by atoms with Gasteiger partial charge in [-0.05, 0) is 42.9 Å². The monoisotopic (exact) mass is 196 g/mol. The third-order valence-corrected chi connectivity index (χ3v) is 3.92. The molecule has 14 heavy (non-hydrogen) atoms. The summed E-state index contributed by atoms with van der Waals surface area (Å²) in [7, 11) is 0. The zero-order valence-corrected chi connectivity index (χ0v) is 10.6. The van der Waals surface area contributed by atoms with E-state index >= 15 is 0 Å². The normalized spacial score (nSPS) is 33.6. The number of hydrogen-bond donors (Lipinski definition) is 0. The van der Waals surface area contributed by atoms with Crippen LogP contribution in [0.3, 0.4) is 0 Å². The zero-order valence-electron chi connectivity index (χ0n) is 10.6. The van der Waals surface area contributed by atoms with E-state index in [2.05, 4.69) is 27.7 Å². The first kappa shape index (κ1) is 12.1. The molecule has 0 nitrogen and oxygen atoms in total. The van der Waals surface area contributed by atoms with Crippen molar-refractivity contribution < 1.29 is 0 Å². The quantitative estimate of drug-likeness (QED) is 0.601. The van der Waals surface area contributed by atoms with E-state index < -0.39 is 0 Å². The highest BCUT2D eigenvalue weighted by Gasteiger charge is 2.26. The van der Waals surface area contributed by atoms with Crippen LogP contribution in [-0.2, 0) is 0 Å². The standard InChI is InChI=1S/C14H28/c1-5-6-14-8-7-13(9-11(2)3)10-12(14)4/h11-14H,5-10H2,1-4H3. The molecular weight excluding hydrogens is 168 g/mol. The highest BCUT2D eigenvalue weighted by atomic mass is 14.3. The highest BCUT2D eigenvalue weighted by molar-refractivity contribution is 4.78. The van der Waals surface area contributed by atoms with Gasteiger partial charge in [0.2, 0.25) is 0 Å². The van der Waals surface area contributed by atoms with Crippen molar-refractivity contribution in [1.29, 1.82) is 0 Å². The van der Waals surface area contributed by atoms with Crippen molar-refractivity contribution in [3.8, 4) is 0 Å². The maximum Gasteiger partial charge on any atom is -0.0388 e. The van der Waals surface area contributed by atoms with Crippen molar-refractivity contribution in [3.05, 3.63) is 0 Å². The molecule has 1 rings (SSSR count). The van der Waals surface area contributed by atoms with Gasteiger partial charge in [0, 0.05) is 0 Å². The molecule has 0 N–H and O–H groups in total. The van der Waals surface area contributed by atoms with E-state index in [1.54, 1.807) is 0 Å². The second-order valence-electron chi connectivity index (χ2n) is 5.83. The first-order chi connectivity index (χ1) is 6.63. The molecule has 3 atom stereocenters. The molecule has 1 aliphatic rings. The lowest BCUT2D eigenvalue weighted by Crippen LogP contribution is -2.23. The maximum atomic E-state index is 2.48. The Morgan fingerprint density at radius 1 is 1.21 bits per heavy atom. The van der Waals surface area contributed by atoms with Crippen LogP contribution in [0.5, 0.6) is 0 Å². The molecule has 84 valence electrons. The van der Waals surface area contributed by atoms with Crippen molar-refractivity contribution in [3.63, 3.8) is 0 Å². The van der Waals surface area contributed by atoms with Gasteiger partial charge in [-0.1, -0.05) is 47.0 Å². The lowest BCUT2D eigenvalue weighted by Gasteiger charge is -2.35. The fraction of sp³-hybridized carbons (Fsp3) is 1.00. The van der Waals surface area contributed by atoms with Crippen LogP contribution in [0.15, 0.2) is 0 Å². The topological polar surface area (TPSA) is 0 Å². The summed E-state index contributed by atoms with van der Waals surface area (Å²) in [6.07, 6.45) is 8.82. The lowest BCUT2D eigenvalue weighted by atomic mass is 9.71. The summed E-state index contributed by atoms with van der Waals surface area (Å²) in [6.45, 7) is 9.53. The van der Waals surface area contributed by atoms with Gasteiger partial charge in [0.05, 0.1) is 0 Å². The van der Waals surface area contributed by atoms with E-state index in [0.717, 1.165) is 23.7 Å². The average Bonchev–Trinajstić information content (AvgIpc) is 2.09. The molecule has 0 aromatic heterocycles. The Kier molecular flexibility index (Phi) is 4.98. The van der Waals surface area contributed by atoms with Crippen molar-refractivity contribution in [2.45, 2.75) is 66.2 Å². The molecule has 0 heterocycles. The zero-order chi connectivity index (χ0) is 10.6. The molecule has 0 aromatic carbocycles. The summed E-state index contributed by atoms with van der Waals surface area (Å²) in [5, 5.41) is 0. The Labute approximate surface area is 90.5 Å². The summed E-state index contributed by atoms with van der Waals surface area (Å²) >= 11 is 0. The highest BCUT2D eigenvalue weighted by Crippen LogP contribution is 2.38. The van der Waals surface area contributed by atoms with E-state index in [1.165, 1.54) is 38.5 Å². The summed E-state index contributed by atoms with van der Waals surface area (Å²) in [4.78, 5) is 0. The minimum absolute atomic E-state index is 0.898. The van der Waals surface area contributed by atoms with Gasteiger partial charge in [0.15, 0.2) is 0 Å². The predicted molar refractivity (Wildman–Crippen MR) is 64.4 cm³/mol. The van der Waals surface area contributed by atoms with Crippen LogP contribution in [0.4, 0.5) is 0 Å². The SMILES string of the molecule is CCCC1CCC(CC(C)C)CC1C. The number of hydrogen-bond acceptors (Lipinski definition) is 0. The van der Waals surface area contributed by atoms with Crippen LogP contribution in [0.2, 0.25) is 0 Å². The van der Waals surface area contributed by atoms with Crippen LogP contribution < -0.4 is 0 Å². The largest absolute Gasteiger partial charge is 0.0654 e. The van der Waals surface area contributed by atoms with Gasteiger partial charge in [-0.2, -0.15) is 0 Å². The molecule has 3 unspecified atom stereocenters. The van der Waals surface area contributed by atoms with Gasteiger partial charge >= 0.3 is 0 Å². The molecule has 1 fully saturated rings.